The van der Waals surface area contributed by atoms with Gasteiger partial charge in [-0.1, -0.05) is 42.8 Å². The number of likely N-dealkylation sites (tertiary alicyclic amines) is 1. The first-order chi connectivity index (χ1) is 10.6. The van der Waals surface area contributed by atoms with E-state index in [2.05, 4.69) is 31.2 Å². The van der Waals surface area contributed by atoms with Gasteiger partial charge in [0.15, 0.2) is 0 Å². The van der Waals surface area contributed by atoms with Gasteiger partial charge in [0, 0.05) is 39.3 Å². The normalized spacial score (nSPS) is 22.4. The zero-order chi connectivity index (χ0) is 15.6. The van der Waals surface area contributed by atoms with E-state index in [4.69, 9.17) is 0 Å². The molecule has 1 heterocycles. The summed E-state index contributed by atoms with van der Waals surface area (Å²) in [5.41, 5.74) is 1.57. The molecule has 0 unspecified atom stereocenters. The number of hydrogen-bond acceptors (Lipinski definition) is 2. The summed E-state index contributed by atoms with van der Waals surface area (Å²) in [6.07, 6.45) is 9.40. The second-order valence-corrected chi connectivity index (χ2v) is 6.39. The molecule has 1 aliphatic heterocycles. The van der Waals surface area contributed by atoms with Crippen LogP contribution in [0.1, 0.15) is 55.7 Å². The summed E-state index contributed by atoms with van der Waals surface area (Å²) in [7, 11) is 0. The monoisotopic (exact) mass is 387 g/mol. The van der Waals surface area contributed by atoms with Crippen molar-refractivity contribution in [3.05, 3.63) is 54.5 Å². The van der Waals surface area contributed by atoms with Gasteiger partial charge in [-0.2, -0.15) is 6.42 Å². The van der Waals surface area contributed by atoms with E-state index < -0.39 is 5.60 Å². The molecule has 1 radical (unpaired) electrons. The molecule has 23 heavy (non-hydrogen) atoms. The Hall–Kier alpha value is -0.506. The average molecular weight is 387 g/mol. The van der Waals surface area contributed by atoms with Crippen LogP contribution in [0.25, 0.3) is 0 Å². The average Bonchev–Trinajstić information content (AvgIpc) is 2.50. The first kappa shape index (κ1) is 18.8. The van der Waals surface area contributed by atoms with Crippen LogP contribution in [0.3, 0.4) is 0 Å². The maximum absolute atomic E-state index is 11.8. The van der Waals surface area contributed by atoms with Crippen molar-refractivity contribution in [1.29, 1.82) is 0 Å². The van der Waals surface area contributed by atoms with Crippen LogP contribution in [0.5, 0.6) is 0 Å². The Bertz CT molecular complexity index is 563. The number of nitrogens with zero attached hydrogens (tertiary/aromatic N) is 1. The summed E-state index contributed by atoms with van der Waals surface area (Å²) < 4.78 is 0. The van der Waals surface area contributed by atoms with E-state index in [-0.39, 0.29) is 44.7 Å². The zero-order valence-corrected chi connectivity index (χ0v) is 16.4. The van der Waals surface area contributed by atoms with E-state index in [1.807, 2.05) is 17.0 Å². The quantitative estimate of drug-likeness (QED) is 0.461. The number of allylic oxidation sites excluding steroid dienone is 1. The van der Waals surface area contributed by atoms with Gasteiger partial charge in [-0.15, -0.1) is 0 Å². The summed E-state index contributed by atoms with van der Waals surface area (Å²) in [5, 5.41) is 10.4. The first-order valence-electron chi connectivity index (χ1n) is 8.20. The van der Waals surface area contributed by atoms with Crippen LogP contribution in [0.4, 0.5) is 0 Å². The molecular formula is C19H24NO2Y-. The number of unbranched alkanes of at least 4 members (excludes halogenated alkanes) is 1. The van der Waals surface area contributed by atoms with Gasteiger partial charge >= 0.3 is 0 Å². The van der Waals surface area contributed by atoms with Gasteiger partial charge in [0.05, 0.1) is 18.1 Å². The Morgan fingerprint density at radius 2 is 1.96 bits per heavy atom. The molecule has 121 valence electrons. The van der Waals surface area contributed by atoms with Crippen molar-refractivity contribution < 1.29 is 42.6 Å². The Kier molecular flexibility index (Phi) is 6.59. The Labute approximate surface area is 164 Å². The summed E-state index contributed by atoms with van der Waals surface area (Å²) >= 11 is 0. The maximum atomic E-state index is 11.8. The van der Waals surface area contributed by atoms with Gasteiger partial charge in [0.25, 0.3) is 0 Å². The Balaban J connectivity index is 0.00000192. The molecular weight excluding hydrogens is 363 g/mol. The molecule has 0 bridgehead atoms. The fraction of sp³-hybridized carbons (Fsp3) is 0.474. The summed E-state index contributed by atoms with van der Waals surface area (Å²) in [6.45, 7) is 4.48. The van der Waals surface area contributed by atoms with Crippen LogP contribution in [0.15, 0.2) is 36.4 Å². The smallest absolute Gasteiger partial charge is 0.225 e. The topological polar surface area (TPSA) is 40.5 Å². The molecule has 1 aliphatic carbocycles. The van der Waals surface area contributed by atoms with Gasteiger partial charge in [-0.05, 0) is 30.4 Å². The first-order valence-corrected chi connectivity index (χ1v) is 8.20. The molecule has 3 nitrogen and oxygen atoms in total. The minimum absolute atomic E-state index is 0. The van der Waals surface area contributed by atoms with Crippen molar-refractivity contribution in [2.24, 2.45) is 0 Å². The molecule has 0 spiro atoms. The fourth-order valence-corrected chi connectivity index (χ4v) is 3.22. The van der Waals surface area contributed by atoms with Crippen LogP contribution in [0, 0.1) is 6.92 Å². The predicted molar refractivity (Wildman–Crippen MR) is 87.0 cm³/mol. The number of carbonyl (C=O) groups is 1. The van der Waals surface area contributed by atoms with Crippen molar-refractivity contribution in [3.63, 3.8) is 0 Å². The van der Waals surface area contributed by atoms with Crippen molar-refractivity contribution >= 4 is 5.91 Å². The molecule has 0 aromatic heterocycles. The van der Waals surface area contributed by atoms with Crippen molar-refractivity contribution in [2.45, 2.75) is 50.2 Å². The molecule has 1 N–H and O–H groups in total. The van der Waals surface area contributed by atoms with E-state index in [0.717, 1.165) is 43.2 Å². The second kappa shape index (κ2) is 8.05. The number of β-lactam (4-membered cyclic amide) rings is 1. The van der Waals surface area contributed by atoms with Gasteiger partial charge in [-0.3, -0.25) is 4.79 Å². The van der Waals surface area contributed by atoms with E-state index in [0.29, 0.717) is 13.0 Å². The van der Waals surface area contributed by atoms with Crippen LogP contribution >= 0.6 is 0 Å². The molecule has 1 aromatic rings. The number of rotatable bonds is 6. The van der Waals surface area contributed by atoms with Crippen LogP contribution in [-0.2, 0) is 43.1 Å². The fourth-order valence-electron chi connectivity index (χ4n) is 3.22. The molecule has 1 aromatic carbocycles. The third-order valence-electron chi connectivity index (χ3n) is 4.92. The van der Waals surface area contributed by atoms with E-state index in [1.165, 1.54) is 0 Å². The molecule has 4 heteroatoms. The zero-order valence-electron chi connectivity index (χ0n) is 13.6. The summed E-state index contributed by atoms with van der Waals surface area (Å²) in [5.74, 6) is 0.214. The summed E-state index contributed by atoms with van der Waals surface area (Å²) in [6, 6.07) is 8.36. The van der Waals surface area contributed by atoms with Crippen LogP contribution in [-0.4, -0.2) is 22.5 Å². The minimum Gasteiger partial charge on any atom is -0.385 e. The van der Waals surface area contributed by atoms with Gasteiger partial charge in [0.1, 0.15) is 0 Å². The molecule has 1 saturated heterocycles. The van der Waals surface area contributed by atoms with Gasteiger partial charge in [-0.25, -0.2) is 0 Å². The number of carbonyl (C=O) groups excluding carboxylic acids is 1. The van der Waals surface area contributed by atoms with E-state index in [9.17, 15) is 9.90 Å². The number of hydrogen-bond donors (Lipinski definition) is 1. The molecule has 1 saturated carbocycles. The molecule has 1 atom stereocenters. The molecule has 3 rings (SSSR count). The predicted octanol–water partition coefficient (Wildman–Crippen LogP) is 3.50. The number of aliphatic hydroxyl groups is 1. The summed E-state index contributed by atoms with van der Waals surface area (Å²) in [4.78, 5) is 13.7. The van der Waals surface area contributed by atoms with Gasteiger partial charge < -0.3 is 16.9 Å². The molecule has 2 fully saturated rings. The molecule has 2 aliphatic rings. The van der Waals surface area contributed by atoms with Crippen LogP contribution < -0.4 is 0 Å². The number of amides is 1. The minimum atomic E-state index is -0.607. The third kappa shape index (κ3) is 3.95. The van der Waals surface area contributed by atoms with Crippen molar-refractivity contribution in [2.75, 3.05) is 6.54 Å². The maximum Gasteiger partial charge on any atom is 0.225 e. The Morgan fingerprint density at radius 1 is 1.26 bits per heavy atom. The van der Waals surface area contributed by atoms with E-state index >= 15 is 0 Å². The van der Waals surface area contributed by atoms with E-state index in [1.54, 1.807) is 0 Å². The largest absolute Gasteiger partial charge is 0.385 e. The number of benzene rings is 1. The van der Waals surface area contributed by atoms with Gasteiger partial charge in [0.2, 0.25) is 5.91 Å². The molecule has 1 amide bonds. The van der Waals surface area contributed by atoms with Crippen LogP contribution in [0.2, 0.25) is 0 Å². The second-order valence-electron chi connectivity index (χ2n) is 6.39. The van der Waals surface area contributed by atoms with Crippen molar-refractivity contribution in [3.8, 4) is 0 Å². The SMILES string of the molecule is [CH2-]CC/C=C\CN1C(=O)C[C@@H]1c1ccc(C2(O)CCC2)cc1.[Y]. The standard InChI is InChI=1S/C19H24NO2.Y/c1-2-3-4-5-13-20-17(14-18(20)21)15-7-9-16(10-8-15)19(22)11-6-12-19;/h4-5,7-10,17,22H,1-3,6,11-14H2;/q-1;/b5-4-;/t17-;/m1./s1. The Morgan fingerprint density at radius 3 is 2.48 bits per heavy atom. The third-order valence-corrected chi connectivity index (χ3v) is 4.92. The van der Waals surface area contributed by atoms with Crippen molar-refractivity contribution in [1.82, 2.24) is 4.90 Å².